The summed E-state index contributed by atoms with van der Waals surface area (Å²) in [5.74, 6) is -2.43. The summed E-state index contributed by atoms with van der Waals surface area (Å²) in [6, 6.07) is 1.23. The van der Waals surface area contributed by atoms with Crippen molar-refractivity contribution in [3.8, 4) is 5.75 Å². The summed E-state index contributed by atoms with van der Waals surface area (Å²) < 4.78 is 92.2. The third-order valence-corrected chi connectivity index (χ3v) is 3.58. The van der Waals surface area contributed by atoms with Gasteiger partial charge in [-0.25, -0.2) is 4.39 Å². The van der Waals surface area contributed by atoms with Gasteiger partial charge in [0.1, 0.15) is 0 Å². The summed E-state index contributed by atoms with van der Waals surface area (Å²) in [6.07, 6.45) is -10.8. The molecule has 0 aliphatic carbocycles. The zero-order valence-electron chi connectivity index (χ0n) is 12.3. The molecule has 24 heavy (non-hydrogen) atoms. The molecule has 1 aromatic rings. The van der Waals surface area contributed by atoms with E-state index in [1.807, 2.05) is 0 Å². The van der Waals surface area contributed by atoms with Crippen LogP contribution in [-0.4, -0.2) is 43.6 Å². The van der Waals surface area contributed by atoms with Crippen LogP contribution in [0.2, 0.25) is 0 Å². The predicted octanol–water partition coefficient (Wildman–Crippen LogP) is 3.62. The lowest BCUT2D eigenvalue weighted by molar-refractivity contribution is -0.275. The van der Waals surface area contributed by atoms with E-state index >= 15 is 0 Å². The van der Waals surface area contributed by atoms with Crippen molar-refractivity contribution in [3.63, 3.8) is 0 Å². The molecule has 3 nitrogen and oxygen atoms in total. The molecule has 10 heteroatoms. The number of nitrogens with one attached hydrogen (secondary N) is 1. The second-order valence-electron chi connectivity index (χ2n) is 5.36. The SMILES string of the molecule is Fc1cc([C@H](CC(F)(F)F)N2CCNCC2)ccc1OC(F)(F)F. The fourth-order valence-electron chi connectivity index (χ4n) is 2.60. The lowest BCUT2D eigenvalue weighted by Crippen LogP contribution is -2.46. The van der Waals surface area contributed by atoms with Gasteiger partial charge in [0.25, 0.3) is 0 Å². The highest BCUT2D eigenvalue weighted by Gasteiger charge is 2.37. The van der Waals surface area contributed by atoms with E-state index in [1.54, 1.807) is 0 Å². The largest absolute Gasteiger partial charge is 0.573 e. The van der Waals surface area contributed by atoms with Crippen LogP contribution in [0.15, 0.2) is 18.2 Å². The molecule has 2 rings (SSSR count). The fraction of sp³-hybridized carbons (Fsp3) is 0.571. The van der Waals surface area contributed by atoms with E-state index in [2.05, 4.69) is 10.1 Å². The monoisotopic (exact) mass is 360 g/mol. The van der Waals surface area contributed by atoms with Gasteiger partial charge in [0.15, 0.2) is 11.6 Å². The molecule has 1 atom stereocenters. The summed E-state index contributed by atoms with van der Waals surface area (Å²) >= 11 is 0. The number of rotatable bonds is 4. The molecular weight excluding hydrogens is 345 g/mol. The highest BCUT2D eigenvalue weighted by atomic mass is 19.4. The highest BCUT2D eigenvalue weighted by Crippen LogP contribution is 2.36. The van der Waals surface area contributed by atoms with Gasteiger partial charge in [-0.1, -0.05) is 6.07 Å². The van der Waals surface area contributed by atoms with Crippen LogP contribution in [0.4, 0.5) is 30.7 Å². The first-order valence-corrected chi connectivity index (χ1v) is 7.12. The van der Waals surface area contributed by atoms with Gasteiger partial charge in [-0.3, -0.25) is 4.90 Å². The molecule has 0 radical (unpaired) electrons. The molecule has 1 fully saturated rings. The van der Waals surface area contributed by atoms with Crippen molar-refractivity contribution in [1.82, 2.24) is 10.2 Å². The lowest BCUT2D eigenvalue weighted by atomic mass is 10.0. The van der Waals surface area contributed by atoms with E-state index in [4.69, 9.17) is 0 Å². The van der Waals surface area contributed by atoms with Gasteiger partial charge in [0, 0.05) is 32.2 Å². The number of halogens is 7. The molecule has 0 unspecified atom stereocenters. The number of piperazine rings is 1. The van der Waals surface area contributed by atoms with Gasteiger partial charge in [0.05, 0.1) is 6.42 Å². The Balaban J connectivity index is 2.26. The Kier molecular flexibility index (Phi) is 5.59. The normalized spacial score (nSPS) is 18.5. The molecule has 0 bridgehead atoms. The summed E-state index contributed by atoms with van der Waals surface area (Å²) in [4.78, 5) is 1.53. The Morgan fingerprint density at radius 2 is 1.71 bits per heavy atom. The molecule has 136 valence electrons. The van der Waals surface area contributed by atoms with Gasteiger partial charge in [-0.05, 0) is 17.7 Å². The molecule has 0 spiro atoms. The van der Waals surface area contributed by atoms with Crippen molar-refractivity contribution < 1.29 is 35.5 Å². The van der Waals surface area contributed by atoms with Gasteiger partial charge in [0.2, 0.25) is 0 Å². The van der Waals surface area contributed by atoms with Crippen LogP contribution in [0.25, 0.3) is 0 Å². The number of hydrogen-bond acceptors (Lipinski definition) is 3. The van der Waals surface area contributed by atoms with Crippen LogP contribution in [0.1, 0.15) is 18.0 Å². The fourth-order valence-corrected chi connectivity index (χ4v) is 2.60. The third-order valence-electron chi connectivity index (χ3n) is 3.58. The molecule has 0 aromatic heterocycles. The number of benzene rings is 1. The van der Waals surface area contributed by atoms with Crippen molar-refractivity contribution >= 4 is 0 Å². The summed E-state index contributed by atoms with van der Waals surface area (Å²) in [6.45, 7) is 1.60. The van der Waals surface area contributed by atoms with Crippen molar-refractivity contribution in [2.75, 3.05) is 26.2 Å². The van der Waals surface area contributed by atoms with Crippen molar-refractivity contribution in [1.29, 1.82) is 0 Å². The zero-order chi connectivity index (χ0) is 18.0. The minimum absolute atomic E-state index is 0.0405. The van der Waals surface area contributed by atoms with E-state index in [0.717, 1.165) is 6.07 Å². The summed E-state index contributed by atoms with van der Waals surface area (Å²) in [5, 5.41) is 2.99. The average Bonchev–Trinajstić information content (AvgIpc) is 2.46. The maximum Gasteiger partial charge on any atom is 0.573 e. The smallest absolute Gasteiger partial charge is 0.403 e. The maximum atomic E-state index is 13.8. The van der Waals surface area contributed by atoms with Crippen molar-refractivity contribution in [2.24, 2.45) is 0 Å². The maximum absolute atomic E-state index is 13.8. The summed E-state index contributed by atoms with van der Waals surface area (Å²) in [7, 11) is 0. The third kappa shape index (κ3) is 5.52. The van der Waals surface area contributed by atoms with Crippen LogP contribution >= 0.6 is 0 Å². The number of hydrogen-bond donors (Lipinski definition) is 1. The molecule has 0 saturated carbocycles. The van der Waals surface area contributed by atoms with Crippen molar-refractivity contribution in [3.05, 3.63) is 29.6 Å². The molecule has 1 heterocycles. The Hall–Kier alpha value is -1.55. The number of ether oxygens (including phenoxy) is 1. The number of nitrogens with zero attached hydrogens (tertiary/aromatic N) is 1. The molecule has 0 amide bonds. The van der Waals surface area contributed by atoms with E-state index in [-0.39, 0.29) is 5.56 Å². The number of alkyl halides is 6. The molecule has 1 aliphatic heterocycles. The van der Waals surface area contributed by atoms with Crippen LogP contribution in [0.3, 0.4) is 0 Å². The van der Waals surface area contributed by atoms with Crippen LogP contribution in [0.5, 0.6) is 5.75 Å². The first-order chi connectivity index (χ1) is 11.1. The van der Waals surface area contributed by atoms with Gasteiger partial charge in [-0.2, -0.15) is 13.2 Å². The van der Waals surface area contributed by atoms with Crippen LogP contribution in [0, 0.1) is 5.82 Å². The summed E-state index contributed by atoms with van der Waals surface area (Å²) in [5.41, 5.74) is -0.0405. The van der Waals surface area contributed by atoms with Crippen LogP contribution < -0.4 is 10.1 Å². The molecule has 1 aromatic carbocycles. The molecule has 1 saturated heterocycles. The standard InChI is InChI=1S/C14H15F7N2O/c15-10-7-9(1-2-12(10)24-14(19,20)21)11(8-13(16,17)18)23-5-3-22-4-6-23/h1-2,7,11,22H,3-6,8H2/t11-/m0/s1. The first-order valence-electron chi connectivity index (χ1n) is 7.12. The first kappa shape index (κ1) is 18.8. The molecule has 1 aliphatic rings. The van der Waals surface area contributed by atoms with E-state index in [9.17, 15) is 30.7 Å². The quantitative estimate of drug-likeness (QED) is 0.830. The molecule has 1 N–H and O–H groups in total. The van der Waals surface area contributed by atoms with E-state index in [0.29, 0.717) is 38.3 Å². The van der Waals surface area contributed by atoms with Gasteiger partial charge >= 0.3 is 12.5 Å². The highest BCUT2D eigenvalue weighted by molar-refractivity contribution is 5.31. The Morgan fingerprint density at radius 1 is 1.08 bits per heavy atom. The molecular formula is C14H15F7N2O. The second-order valence-corrected chi connectivity index (χ2v) is 5.36. The van der Waals surface area contributed by atoms with E-state index in [1.165, 1.54) is 4.90 Å². The van der Waals surface area contributed by atoms with Crippen LogP contribution in [-0.2, 0) is 0 Å². The zero-order valence-corrected chi connectivity index (χ0v) is 12.3. The Bertz CT molecular complexity index is 553. The van der Waals surface area contributed by atoms with Crippen molar-refractivity contribution in [2.45, 2.75) is 25.0 Å². The minimum atomic E-state index is -5.08. The predicted molar refractivity (Wildman–Crippen MR) is 70.9 cm³/mol. The van der Waals surface area contributed by atoms with Gasteiger partial charge in [-0.15, -0.1) is 13.2 Å². The Labute approximate surface area is 133 Å². The average molecular weight is 360 g/mol. The topological polar surface area (TPSA) is 24.5 Å². The Morgan fingerprint density at radius 3 is 2.21 bits per heavy atom. The van der Waals surface area contributed by atoms with Gasteiger partial charge < -0.3 is 10.1 Å². The minimum Gasteiger partial charge on any atom is -0.403 e. The lowest BCUT2D eigenvalue weighted by Gasteiger charge is -2.35. The van der Waals surface area contributed by atoms with E-state index < -0.39 is 36.6 Å². The second kappa shape index (κ2) is 7.14.